The summed E-state index contributed by atoms with van der Waals surface area (Å²) >= 11 is 1.91. The average Bonchev–Trinajstić information content (AvgIpc) is 2.92. The van der Waals surface area contributed by atoms with Crippen LogP contribution in [0, 0.1) is 5.41 Å². The molecule has 3 rings (SSSR count). The molecule has 106 valence electrons. The first-order valence-corrected chi connectivity index (χ1v) is 8.20. The summed E-state index contributed by atoms with van der Waals surface area (Å²) < 4.78 is 5.51. The third kappa shape index (κ3) is 2.59. The number of thiophene rings is 1. The second-order valence-electron chi connectivity index (χ2n) is 6.01. The van der Waals surface area contributed by atoms with E-state index in [9.17, 15) is 0 Å². The van der Waals surface area contributed by atoms with Crippen molar-refractivity contribution in [2.24, 2.45) is 11.1 Å². The molecule has 0 bridgehead atoms. The molecule has 4 heteroatoms. The lowest BCUT2D eigenvalue weighted by atomic mass is 9.79. The van der Waals surface area contributed by atoms with E-state index < -0.39 is 0 Å². The van der Waals surface area contributed by atoms with E-state index in [1.165, 1.54) is 18.5 Å². The van der Waals surface area contributed by atoms with Crippen molar-refractivity contribution in [1.82, 2.24) is 4.90 Å². The minimum Gasteiger partial charge on any atom is -0.381 e. The van der Waals surface area contributed by atoms with E-state index in [2.05, 4.69) is 23.3 Å². The summed E-state index contributed by atoms with van der Waals surface area (Å²) in [6.45, 7) is 7.19. The summed E-state index contributed by atoms with van der Waals surface area (Å²) in [6, 6.07) is 2.84. The molecule has 0 spiro atoms. The van der Waals surface area contributed by atoms with E-state index in [-0.39, 0.29) is 5.41 Å². The van der Waals surface area contributed by atoms with E-state index in [1.54, 1.807) is 4.88 Å². The maximum absolute atomic E-state index is 6.10. The van der Waals surface area contributed by atoms with Crippen molar-refractivity contribution in [3.05, 3.63) is 21.9 Å². The molecule has 19 heavy (non-hydrogen) atoms. The zero-order chi connectivity index (χ0) is 13.3. The van der Waals surface area contributed by atoms with Gasteiger partial charge in [-0.05, 0) is 55.2 Å². The van der Waals surface area contributed by atoms with Crippen LogP contribution in [0.1, 0.15) is 36.2 Å². The molecule has 1 atom stereocenters. The Morgan fingerprint density at radius 3 is 3.00 bits per heavy atom. The first-order chi connectivity index (χ1) is 9.24. The van der Waals surface area contributed by atoms with Crippen LogP contribution in [0.2, 0.25) is 0 Å². The predicted octanol–water partition coefficient (Wildman–Crippen LogP) is 2.42. The lowest BCUT2D eigenvalue weighted by Crippen LogP contribution is -2.48. The highest BCUT2D eigenvalue weighted by molar-refractivity contribution is 7.10. The minimum absolute atomic E-state index is 0.278. The first-order valence-electron chi connectivity index (χ1n) is 7.32. The Morgan fingerprint density at radius 2 is 2.26 bits per heavy atom. The molecule has 1 fully saturated rings. The van der Waals surface area contributed by atoms with Crippen LogP contribution in [0.4, 0.5) is 0 Å². The van der Waals surface area contributed by atoms with Crippen LogP contribution in [-0.4, -0.2) is 37.7 Å². The third-order valence-corrected chi connectivity index (χ3v) is 5.93. The lowest BCUT2D eigenvalue weighted by Gasteiger charge is -2.43. The normalized spacial score (nSPS) is 27.2. The highest BCUT2D eigenvalue weighted by Gasteiger charge is 2.36. The molecule has 1 aromatic rings. The second kappa shape index (κ2) is 5.52. The number of hydrogen-bond donors (Lipinski definition) is 1. The van der Waals surface area contributed by atoms with Crippen LogP contribution >= 0.6 is 11.3 Å². The number of fused-ring (bicyclic) bond motifs is 1. The summed E-state index contributed by atoms with van der Waals surface area (Å²) in [5.74, 6) is 0. The summed E-state index contributed by atoms with van der Waals surface area (Å²) in [4.78, 5) is 4.21. The minimum atomic E-state index is 0.278. The van der Waals surface area contributed by atoms with Gasteiger partial charge in [-0.3, -0.25) is 4.90 Å². The van der Waals surface area contributed by atoms with Gasteiger partial charge in [0.1, 0.15) is 0 Å². The average molecular weight is 280 g/mol. The summed E-state index contributed by atoms with van der Waals surface area (Å²) in [5, 5.41) is 2.23. The van der Waals surface area contributed by atoms with Gasteiger partial charge >= 0.3 is 0 Å². The van der Waals surface area contributed by atoms with Crippen molar-refractivity contribution < 1.29 is 4.74 Å². The molecule has 3 heterocycles. The lowest BCUT2D eigenvalue weighted by molar-refractivity contribution is -0.00786. The van der Waals surface area contributed by atoms with Crippen LogP contribution in [0.3, 0.4) is 0 Å². The van der Waals surface area contributed by atoms with Crippen LogP contribution < -0.4 is 5.73 Å². The Morgan fingerprint density at radius 1 is 1.47 bits per heavy atom. The molecule has 2 N–H and O–H groups in total. The predicted molar refractivity (Wildman–Crippen MR) is 79.6 cm³/mol. The van der Waals surface area contributed by atoms with Gasteiger partial charge < -0.3 is 10.5 Å². The van der Waals surface area contributed by atoms with Crippen molar-refractivity contribution >= 4 is 11.3 Å². The molecule has 1 saturated heterocycles. The molecule has 0 amide bonds. The van der Waals surface area contributed by atoms with E-state index >= 15 is 0 Å². The molecule has 2 aliphatic heterocycles. The Kier molecular flexibility index (Phi) is 3.94. The maximum Gasteiger partial charge on any atom is 0.0472 e. The molecule has 0 aromatic carbocycles. The molecule has 3 nitrogen and oxygen atoms in total. The number of nitrogens with zero attached hydrogens (tertiary/aromatic N) is 1. The summed E-state index contributed by atoms with van der Waals surface area (Å²) in [6.07, 6.45) is 3.43. The van der Waals surface area contributed by atoms with Crippen molar-refractivity contribution in [2.75, 3.05) is 32.8 Å². The molecular weight excluding hydrogens is 256 g/mol. The number of nitrogens with two attached hydrogens (primary N) is 1. The first kappa shape index (κ1) is 13.6. The van der Waals surface area contributed by atoms with Crippen molar-refractivity contribution in [3.8, 4) is 0 Å². The Balaban J connectivity index is 1.73. The van der Waals surface area contributed by atoms with Gasteiger partial charge in [0.2, 0.25) is 0 Å². The quantitative estimate of drug-likeness (QED) is 0.924. The van der Waals surface area contributed by atoms with Gasteiger partial charge in [0, 0.05) is 37.2 Å². The topological polar surface area (TPSA) is 38.5 Å². The van der Waals surface area contributed by atoms with Gasteiger partial charge in [-0.25, -0.2) is 0 Å². The maximum atomic E-state index is 6.10. The van der Waals surface area contributed by atoms with Crippen molar-refractivity contribution in [2.45, 2.75) is 32.2 Å². The van der Waals surface area contributed by atoms with Crippen molar-refractivity contribution in [3.63, 3.8) is 0 Å². The molecule has 2 aliphatic rings. The summed E-state index contributed by atoms with van der Waals surface area (Å²) in [7, 11) is 0. The van der Waals surface area contributed by atoms with E-state index in [4.69, 9.17) is 10.5 Å². The van der Waals surface area contributed by atoms with Gasteiger partial charge in [0.15, 0.2) is 0 Å². The fraction of sp³-hybridized carbons (Fsp3) is 0.733. The van der Waals surface area contributed by atoms with Gasteiger partial charge in [-0.2, -0.15) is 0 Å². The Labute approximate surface area is 119 Å². The van der Waals surface area contributed by atoms with Crippen LogP contribution in [-0.2, 0) is 11.2 Å². The third-order valence-electron chi connectivity index (χ3n) is 4.93. The molecule has 1 unspecified atom stereocenters. The fourth-order valence-corrected chi connectivity index (χ4v) is 4.40. The van der Waals surface area contributed by atoms with E-state index in [0.29, 0.717) is 6.04 Å². The zero-order valence-electron chi connectivity index (χ0n) is 11.7. The molecule has 0 radical (unpaired) electrons. The summed E-state index contributed by atoms with van der Waals surface area (Å²) in [5.41, 5.74) is 7.91. The Bertz CT molecular complexity index is 426. The number of rotatable bonds is 3. The highest BCUT2D eigenvalue weighted by Crippen LogP contribution is 2.37. The molecular formula is C15H24N2OS. The smallest absolute Gasteiger partial charge is 0.0472 e. The molecule has 0 aliphatic carbocycles. The number of hydrogen-bond acceptors (Lipinski definition) is 4. The monoisotopic (exact) mass is 280 g/mol. The molecule has 0 saturated carbocycles. The van der Waals surface area contributed by atoms with Crippen LogP contribution in [0.25, 0.3) is 0 Å². The van der Waals surface area contributed by atoms with Gasteiger partial charge in [-0.1, -0.05) is 0 Å². The largest absolute Gasteiger partial charge is 0.381 e. The number of ether oxygens (including phenoxy) is 1. The second-order valence-corrected chi connectivity index (χ2v) is 7.01. The van der Waals surface area contributed by atoms with E-state index in [0.717, 1.165) is 39.1 Å². The van der Waals surface area contributed by atoms with Gasteiger partial charge in [-0.15, -0.1) is 11.3 Å². The zero-order valence-corrected chi connectivity index (χ0v) is 12.5. The standard InChI is InChI=1S/C15H24N2OS/c1-12-13-3-9-19-14(13)2-6-17(12)11-15(10-16)4-7-18-8-5-15/h3,9,12H,2,4-8,10-11,16H2,1H3. The van der Waals surface area contributed by atoms with Crippen LogP contribution in [0.5, 0.6) is 0 Å². The van der Waals surface area contributed by atoms with Gasteiger partial charge in [0.05, 0.1) is 0 Å². The van der Waals surface area contributed by atoms with E-state index in [1.807, 2.05) is 11.3 Å². The highest BCUT2D eigenvalue weighted by atomic mass is 32.1. The van der Waals surface area contributed by atoms with Gasteiger partial charge in [0.25, 0.3) is 0 Å². The SMILES string of the molecule is CC1c2ccsc2CCN1CC1(CN)CCOCC1. The molecule has 1 aromatic heterocycles. The Hall–Kier alpha value is -0.420. The van der Waals surface area contributed by atoms with Crippen LogP contribution in [0.15, 0.2) is 11.4 Å². The van der Waals surface area contributed by atoms with Crippen molar-refractivity contribution in [1.29, 1.82) is 0 Å². The fourth-order valence-electron chi connectivity index (χ4n) is 3.44.